The summed E-state index contributed by atoms with van der Waals surface area (Å²) in [6, 6.07) is 7.01. The van der Waals surface area contributed by atoms with Gasteiger partial charge in [-0.3, -0.25) is 4.79 Å². The summed E-state index contributed by atoms with van der Waals surface area (Å²) in [6.07, 6.45) is 8.17. The average molecular weight is 245 g/mol. The number of rotatable bonds is 5. The second kappa shape index (κ2) is 6.58. The molecular formula is C16H21O2. The highest BCUT2D eigenvalue weighted by Crippen LogP contribution is 2.29. The third kappa shape index (κ3) is 3.34. The molecule has 97 valence electrons. The van der Waals surface area contributed by atoms with Gasteiger partial charge in [0.1, 0.15) is 5.75 Å². The topological polar surface area (TPSA) is 26.3 Å². The van der Waals surface area contributed by atoms with Crippen LogP contribution < -0.4 is 4.74 Å². The molecule has 0 N–H and O–H groups in total. The van der Waals surface area contributed by atoms with Gasteiger partial charge in [0.05, 0.1) is 0 Å². The average Bonchev–Trinajstić information content (AvgIpc) is 2.39. The molecule has 0 bridgehead atoms. The van der Waals surface area contributed by atoms with E-state index in [2.05, 4.69) is 13.0 Å². The van der Waals surface area contributed by atoms with Crippen molar-refractivity contribution in [3.8, 4) is 5.75 Å². The molecule has 0 heterocycles. The van der Waals surface area contributed by atoms with E-state index in [-0.39, 0.29) is 5.97 Å². The summed E-state index contributed by atoms with van der Waals surface area (Å²) >= 11 is 0. The van der Waals surface area contributed by atoms with Gasteiger partial charge >= 0.3 is 5.97 Å². The summed E-state index contributed by atoms with van der Waals surface area (Å²) in [5, 5.41) is 0. The monoisotopic (exact) mass is 245 g/mol. The molecule has 0 spiro atoms. The molecule has 1 radical (unpaired) electrons. The van der Waals surface area contributed by atoms with Crippen LogP contribution in [0.25, 0.3) is 0 Å². The molecule has 0 atom stereocenters. The predicted molar refractivity (Wildman–Crippen MR) is 71.7 cm³/mol. The molecule has 0 fully saturated rings. The number of unbranched alkanes of at least 4 members (excludes halogenated alkanes) is 2. The van der Waals surface area contributed by atoms with Crippen LogP contribution in [0, 0.1) is 6.07 Å². The molecule has 0 saturated heterocycles. The number of aryl methyl sites for hydroxylation is 1. The Bertz CT molecular complexity index is 410. The van der Waals surface area contributed by atoms with Crippen molar-refractivity contribution in [1.29, 1.82) is 0 Å². The van der Waals surface area contributed by atoms with Crippen LogP contribution >= 0.6 is 0 Å². The minimum atomic E-state index is -0.0950. The normalized spacial score (nSPS) is 14.1. The lowest BCUT2D eigenvalue weighted by atomic mass is 9.91. The largest absolute Gasteiger partial charge is 0.426 e. The lowest BCUT2D eigenvalue weighted by molar-refractivity contribution is -0.134. The highest BCUT2D eigenvalue weighted by molar-refractivity contribution is 5.72. The summed E-state index contributed by atoms with van der Waals surface area (Å²) in [4.78, 5) is 11.7. The van der Waals surface area contributed by atoms with Gasteiger partial charge in [-0.25, -0.2) is 0 Å². The quantitative estimate of drug-likeness (QED) is 0.447. The van der Waals surface area contributed by atoms with Crippen molar-refractivity contribution in [1.82, 2.24) is 0 Å². The van der Waals surface area contributed by atoms with E-state index in [4.69, 9.17) is 4.74 Å². The molecule has 2 heteroatoms. The number of benzene rings is 1. The van der Waals surface area contributed by atoms with E-state index in [1.165, 1.54) is 24.0 Å². The number of hydrogen-bond acceptors (Lipinski definition) is 2. The van der Waals surface area contributed by atoms with E-state index in [9.17, 15) is 4.79 Å². The van der Waals surface area contributed by atoms with Gasteiger partial charge in [-0.05, 0) is 55.4 Å². The van der Waals surface area contributed by atoms with Crippen LogP contribution in [0.15, 0.2) is 12.1 Å². The van der Waals surface area contributed by atoms with Gasteiger partial charge in [0.25, 0.3) is 0 Å². The number of carbonyl (C=O) groups excluding carboxylic acids is 1. The van der Waals surface area contributed by atoms with Crippen molar-refractivity contribution in [2.24, 2.45) is 0 Å². The predicted octanol–water partition coefficient (Wildman–Crippen LogP) is 3.85. The minimum absolute atomic E-state index is 0.0950. The number of ether oxygens (including phenoxy) is 1. The van der Waals surface area contributed by atoms with Crippen LogP contribution in [0.1, 0.15) is 56.6 Å². The first-order chi connectivity index (χ1) is 8.81. The molecule has 0 unspecified atom stereocenters. The summed E-state index contributed by atoms with van der Waals surface area (Å²) < 4.78 is 5.50. The van der Waals surface area contributed by atoms with Gasteiger partial charge in [0.2, 0.25) is 0 Å². The fraction of sp³-hybridized carbons (Fsp3) is 0.562. The van der Waals surface area contributed by atoms with Crippen LogP contribution in [0.3, 0.4) is 0 Å². The zero-order chi connectivity index (χ0) is 12.8. The standard InChI is InChI=1S/C16H21O2/c1-2-3-4-12-16(17)18-15-11-7-9-13-8-5-6-10-14(13)15/h7,11H,2-6,8,10,12H2,1H3. The first-order valence-electron chi connectivity index (χ1n) is 7.04. The van der Waals surface area contributed by atoms with Crippen LogP contribution in [0.4, 0.5) is 0 Å². The van der Waals surface area contributed by atoms with Gasteiger partial charge < -0.3 is 4.74 Å². The van der Waals surface area contributed by atoms with Crippen molar-refractivity contribution in [2.45, 2.75) is 58.3 Å². The Morgan fingerprint density at radius 3 is 3.00 bits per heavy atom. The third-order valence-electron chi connectivity index (χ3n) is 3.47. The SMILES string of the molecule is CCCCCC(=O)Oc1cc[c]c2c1CCCC2. The van der Waals surface area contributed by atoms with Crippen molar-refractivity contribution >= 4 is 5.97 Å². The number of hydrogen-bond donors (Lipinski definition) is 0. The number of carbonyl (C=O) groups is 1. The summed E-state index contributed by atoms with van der Waals surface area (Å²) in [5.74, 6) is 0.673. The van der Waals surface area contributed by atoms with Crippen molar-refractivity contribution in [3.63, 3.8) is 0 Å². The van der Waals surface area contributed by atoms with E-state index in [0.717, 1.165) is 37.9 Å². The van der Waals surface area contributed by atoms with Crippen molar-refractivity contribution < 1.29 is 9.53 Å². The molecule has 2 nitrogen and oxygen atoms in total. The van der Waals surface area contributed by atoms with E-state index in [1.54, 1.807) is 0 Å². The highest BCUT2D eigenvalue weighted by Gasteiger charge is 2.15. The number of fused-ring (bicyclic) bond motifs is 1. The Morgan fingerprint density at radius 2 is 2.17 bits per heavy atom. The molecular weight excluding hydrogens is 224 g/mol. The Morgan fingerprint density at radius 1 is 1.33 bits per heavy atom. The maximum atomic E-state index is 11.7. The van der Waals surface area contributed by atoms with E-state index in [0.29, 0.717) is 6.42 Å². The summed E-state index contributed by atoms with van der Waals surface area (Å²) in [7, 11) is 0. The first kappa shape index (κ1) is 13.1. The molecule has 1 aromatic rings. The van der Waals surface area contributed by atoms with Crippen molar-refractivity contribution in [3.05, 3.63) is 29.3 Å². The lowest BCUT2D eigenvalue weighted by Gasteiger charge is -2.18. The van der Waals surface area contributed by atoms with Crippen LogP contribution in [0.2, 0.25) is 0 Å². The Kier molecular flexibility index (Phi) is 4.80. The third-order valence-corrected chi connectivity index (χ3v) is 3.47. The van der Waals surface area contributed by atoms with Gasteiger partial charge in [-0.1, -0.05) is 25.8 Å². The zero-order valence-corrected chi connectivity index (χ0v) is 11.1. The summed E-state index contributed by atoms with van der Waals surface area (Å²) in [6.45, 7) is 2.13. The smallest absolute Gasteiger partial charge is 0.311 e. The molecule has 0 amide bonds. The molecule has 0 saturated carbocycles. The molecule has 2 rings (SSSR count). The maximum Gasteiger partial charge on any atom is 0.311 e. The lowest BCUT2D eigenvalue weighted by Crippen LogP contribution is -2.12. The summed E-state index contributed by atoms with van der Waals surface area (Å²) in [5.41, 5.74) is 2.44. The van der Waals surface area contributed by atoms with Gasteiger partial charge in [-0.2, -0.15) is 0 Å². The fourth-order valence-corrected chi connectivity index (χ4v) is 2.44. The number of esters is 1. The molecule has 0 aromatic heterocycles. The Balaban J connectivity index is 1.98. The van der Waals surface area contributed by atoms with E-state index >= 15 is 0 Å². The van der Waals surface area contributed by atoms with Gasteiger partial charge in [0.15, 0.2) is 0 Å². The second-order valence-corrected chi connectivity index (χ2v) is 4.94. The maximum absolute atomic E-state index is 11.7. The Labute approximate surface area is 109 Å². The van der Waals surface area contributed by atoms with E-state index in [1.807, 2.05) is 12.1 Å². The molecule has 1 aromatic carbocycles. The molecule has 1 aliphatic carbocycles. The first-order valence-corrected chi connectivity index (χ1v) is 7.04. The highest BCUT2D eigenvalue weighted by atomic mass is 16.5. The fourth-order valence-electron chi connectivity index (χ4n) is 2.44. The van der Waals surface area contributed by atoms with Crippen LogP contribution in [0.5, 0.6) is 5.75 Å². The molecule has 18 heavy (non-hydrogen) atoms. The van der Waals surface area contributed by atoms with Crippen LogP contribution in [-0.2, 0) is 17.6 Å². The van der Waals surface area contributed by atoms with Gasteiger partial charge in [0, 0.05) is 6.42 Å². The molecule has 0 aliphatic heterocycles. The van der Waals surface area contributed by atoms with Crippen molar-refractivity contribution in [2.75, 3.05) is 0 Å². The minimum Gasteiger partial charge on any atom is -0.426 e. The molecule has 1 aliphatic rings. The van der Waals surface area contributed by atoms with Gasteiger partial charge in [-0.15, -0.1) is 0 Å². The van der Waals surface area contributed by atoms with E-state index < -0.39 is 0 Å². The Hall–Kier alpha value is -1.31. The second-order valence-electron chi connectivity index (χ2n) is 4.94. The zero-order valence-electron chi connectivity index (χ0n) is 11.1. The van der Waals surface area contributed by atoms with Crippen LogP contribution in [-0.4, -0.2) is 5.97 Å².